The van der Waals surface area contributed by atoms with Gasteiger partial charge in [0.1, 0.15) is 11.3 Å². The highest BCUT2D eigenvalue weighted by Gasteiger charge is 2.28. The fourth-order valence-corrected chi connectivity index (χ4v) is 4.02. The van der Waals surface area contributed by atoms with Crippen molar-refractivity contribution in [2.75, 3.05) is 7.05 Å². The van der Waals surface area contributed by atoms with E-state index in [0.29, 0.717) is 16.9 Å². The largest absolute Gasteiger partial charge is 0.459 e. The molecule has 3 rings (SSSR count). The second-order valence-corrected chi connectivity index (χ2v) is 7.97. The Kier molecular flexibility index (Phi) is 4.49. The van der Waals surface area contributed by atoms with E-state index < -0.39 is 16.1 Å². The normalized spacial score (nSPS) is 13.3. The first-order valence-electron chi connectivity index (χ1n) is 7.88. The number of para-hydroxylation sites is 1. The quantitative estimate of drug-likeness (QED) is 0.647. The van der Waals surface area contributed by atoms with Gasteiger partial charge in [0.05, 0.1) is 10.9 Å². The molecule has 6 heteroatoms. The number of sulfonamides is 1. The molecule has 0 aliphatic heterocycles. The van der Waals surface area contributed by atoms with Gasteiger partial charge in [-0.1, -0.05) is 30.3 Å². The van der Waals surface area contributed by atoms with Gasteiger partial charge in [0.25, 0.3) is 0 Å². The smallest absolute Gasteiger partial charge is 0.243 e. The van der Waals surface area contributed by atoms with E-state index in [0.717, 1.165) is 5.39 Å². The third-order valence-corrected chi connectivity index (χ3v) is 6.24. The topological polar surface area (TPSA) is 67.6 Å². The molecule has 130 valence electrons. The number of rotatable bonds is 5. The van der Waals surface area contributed by atoms with Gasteiger partial charge in [-0.05, 0) is 38.1 Å². The lowest BCUT2D eigenvalue weighted by Gasteiger charge is -2.23. The zero-order chi connectivity index (χ0) is 18.2. The summed E-state index contributed by atoms with van der Waals surface area (Å²) in [6.07, 6.45) is 0. The molecule has 0 fully saturated rings. The van der Waals surface area contributed by atoms with Crippen molar-refractivity contribution in [1.29, 1.82) is 0 Å². The SMILES string of the molecule is CC(=O)c1cccc(S(=O)(=O)N(C)C(C)c2cc3ccccc3o2)c1. The molecule has 1 heterocycles. The molecule has 2 aromatic carbocycles. The molecule has 3 aromatic rings. The second kappa shape index (κ2) is 6.46. The van der Waals surface area contributed by atoms with Crippen LogP contribution in [0.1, 0.15) is 36.0 Å². The minimum Gasteiger partial charge on any atom is -0.459 e. The maximum absolute atomic E-state index is 12.9. The van der Waals surface area contributed by atoms with Crippen molar-refractivity contribution in [3.8, 4) is 0 Å². The molecule has 25 heavy (non-hydrogen) atoms. The van der Waals surface area contributed by atoms with Gasteiger partial charge in [-0.3, -0.25) is 4.79 Å². The summed E-state index contributed by atoms with van der Waals surface area (Å²) in [5, 5.41) is 0.925. The van der Waals surface area contributed by atoms with Crippen molar-refractivity contribution in [1.82, 2.24) is 4.31 Å². The number of ketones is 1. The van der Waals surface area contributed by atoms with Crippen LogP contribution in [0.5, 0.6) is 0 Å². The van der Waals surface area contributed by atoms with Crippen molar-refractivity contribution < 1.29 is 17.6 Å². The van der Waals surface area contributed by atoms with Crippen molar-refractivity contribution in [2.45, 2.75) is 24.8 Å². The minimum absolute atomic E-state index is 0.0886. The molecule has 0 bridgehead atoms. The van der Waals surface area contributed by atoms with E-state index in [4.69, 9.17) is 4.42 Å². The van der Waals surface area contributed by atoms with Gasteiger partial charge in [-0.25, -0.2) is 8.42 Å². The van der Waals surface area contributed by atoms with Crippen LogP contribution in [-0.2, 0) is 10.0 Å². The zero-order valence-electron chi connectivity index (χ0n) is 14.3. The summed E-state index contributed by atoms with van der Waals surface area (Å²) in [6, 6.07) is 15.0. The number of carbonyl (C=O) groups excluding carboxylic acids is 1. The van der Waals surface area contributed by atoms with Crippen molar-refractivity contribution in [3.05, 3.63) is 65.9 Å². The Morgan fingerprint density at radius 1 is 1.08 bits per heavy atom. The molecular weight excluding hydrogens is 338 g/mol. The Labute approximate surface area is 146 Å². The van der Waals surface area contributed by atoms with Crippen LogP contribution in [0, 0.1) is 0 Å². The molecule has 0 aliphatic carbocycles. The van der Waals surface area contributed by atoms with Crippen LogP contribution in [0.25, 0.3) is 11.0 Å². The summed E-state index contributed by atoms with van der Waals surface area (Å²) in [7, 11) is -2.25. The summed E-state index contributed by atoms with van der Waals surface area (Å²) in [6.45, 7) is 3.18. The highest BCUT2D eigenvalue weighted by atomic mass is 32.2. The average Bonchev–Trinajstić information content (AvgIpc) is 3.04. The van der Waals surface area contributed by atoms with Gasteiger partial charge in [-0.15, -0.1) is 0 Å². The van der Waals surface area contributed by atoms with E-state index >= 15 is 0 Å². The minimum atomic E-state index is -3.76. The fourth-order valence-electron chi connectivity index (χ4n) is 2.64. The van der Waals surface area contributed by atoms with Crippen LogP contribution in [0.2, 0.25) is 0 Å². The van der Waals surface area contributed by atoms with Crippen molar-refractivity contribution in [3.63, 3.8) is 0 Å². The second-order valence-electron chi connectivity index (χ2n) is 5.97. The molecule has 0 aliphatic rings. The molecule has 0 saturated carbocycles. The van der Waals surface area contributed by atoms with Gasteiger partial charge >= 0.3 is 0 Å². The van der Waals surface area contributed by atoms with Crippen LogP contribution < -0.4 is 0 Å². The van der Waals surface area contributed by atoms with Crippen LogP contribution in [-0.4, -0.2) is 25.6 Å². The van der Waals surface area contributed by atoms with Gasteiger partial charge in [0.15, 0.2) is 5.78 Å². The van der Waals surface area contributed by atoms with Crippen LogP contribution >= 0.6 is 0 Å². The Hall–Kier alpha value is -2.44. The van der Waals surface area contributed by atoms with Gasteiger partial charge in [-0.2, -0.15) is 4.31 Å². The van der Waals surface area contributed by atoms with E-state index in [1.165, 1.54) is 30.4 Å². The lowest BCUT2D eigenvalue weighted by atomic mass is 10.2. The average molecular weight is 357 g/mol. The van der Waals surface area contributed by atoms with E-state index in [2.05, 4.69) is 0 Å². The summed E-state index contributed by atoms with van der Waals surface area (Å²) >= 11 is 0. The number of hydrogen-bond acceptors (Lipinski definition) is 4. The highest BCUT2D eigenvalue weighted by Crippen LogP contribution is 2.30. The Bertz CT molecular complexity index is 1000. The van der Waals surface area contributed by atoms with E-state index in [1.807, 2.05) is 30.3 Å². The van der Waals surface area contributed by atoms with E-state index in [1.54, 1.807) is 19.1 Å². The van der Waals surface area contributed by atoms with Crippen LogP contribution in [0.3, 0.4) is 0 Å². The Morgan fingerprint density at radius 2 is 1.80 bits per heavy atom. The predicted molar refractivity (Wildman–Crippen MR) is 96.0 cm³/mol. The standard InChI is InChI=1S/C19H19NO4S/c1-13(19-12-16-7-4-5-10-18(16)24-19)20(3)25(22,23)17-9-6-8-15(11-17)14(2)21/h4-13H,1-3H3. The summed E-state index contributed by atoms with van der Waals surface area (Å²) in [5.41, 5.74) is 1.08. The summed E-state index contributed by atoms with van der Waals surface area (Å²) in [5.74, 6) is 0.389. The Morgan fingerprint density at radius 3 is 2.48 bits per heavy atom. The van der Waals surface area contributed by atoms with Gasteiger partial charge in [0, 0.05) is 18.0 Å². The molecule has 0 amide bonds. The molecule has 0 saturated heterocycles. The lowest BCUT2D eigenvalue weighted by molar-refractivity contribution is 0.101. The molecule has 1 aromatic heterocycles. The maximum atomic E-state index is 12.9. The number of nitrogens with zero attached hydrogens (tertiary/aromatic N) is 1. The number of hydrogen-bond donors (Lipinski definition) is 0. The van der Waals surface area contributed by atoms with Crippen LogP contribution in [0.15, 0.2) is 63.9 Å². The number of benzene rings is 2. The molecule has 0 N–H and O–H groups in total. The maximum Gasteiger partial charge on any atom is 0.243 e. The zero-order valence-corrected chi connectivity index (χ0v) is 15.1. The summed E-state index contributed by atoms with van der Waals surface area (Å²) < 4.78 is 32.9. The lowest BCUT2D eigenvalue weighted by Crippen LogP contribution is -2.29. The first kappa shape index (κ1) is 17.4. The predicted octanol–water partition coefficient (Wildman–Crippen LogP) is 4.02. The fraction of sp³-hybridized carbons (Fsp3) is 0.211. The molecule has 1 atom stereocenters. The monoisotopic (exact) mass is 357 g/mol. The number of carbonyl (C=O) groups is 1. The number of fused-ring (bicyclic) bond motifs is 1. The van der Waals surface area contributed by atoms with Gasteiger partial charge in [0.2, 0.25) is 10.0 Å². The molecule has 0 spiro atoms. The summed E-state index contributed by atoms with van der Waals surface area (Å²) in [4.78, 5) is 11.6. The van der Waals surface area contributed by atoms with Crippen molar-refractivity contribution in [2.24, 2.45) is 0 Å². The molecule has 5 nitrogen and oxygen atoms in total. The number of Topliss-reactive ketones (excluding diaryl/α,β-unsaturated/α-hetero) is 1. The van der Waals surface area contributed by atoms with Gasteiger partial charge < -0.3 is 4.42 Å². The third-order valence-electron chi connectivity index (χ3n) is 4.32. The molecule has 1 unspecified atom stereocenters. The van der Waals surface area contributed by atoms with E-state index in [9.17, 15) is 13.2 Å². The Balaban J connectivity index is 1.96. The third kappa shape index (κ3) is 3.23. The van der Waals surface area contributed by atoms with Crippen molar-refractivity contribution >= 4 is 26.8 Å². The van der Waals surface area contributed by atoms with E-state index in [-0.39, 0.29) is 10.7 Å². The first-order chi connectivity index (χ1) is 11.8. The first-order valence-corrected chi connectivity index (χ1v) is 9.32. The van der Waals surface area contributed by atoms with Crippen LogP contribution in [0.4, 0.5) is 0 Å². The highest BCUT2D eigenvalue weighted by molar-refractivity contribution is 7.89. The molecular formula is C19H19NO4S. The number of furan rings is 1. The molecule has 0 radical (unpaired) electrons.